The van der Waals surface area contributed by atoms with Crippen molar-refractivity contribution in [1.29, 1.82) is 0 Å². The standard InChI is InChI=1S/C15H20OS/c1-11-9-12(2)15(13(3)10-11)7-5-6-8-17-14(4)16/h5,7,9-10H,6,8H2,1-4H3. The number of hydrogen-bond donors (Lipinski definition) is 0. The van der Waals surface area contributed by atoms with Gasteiger partial charge in [0.1, 0.15) is 0 Å². The summed E-state index contributed by atoms with van der Waals surface area (Å²) in [6.45, 7) is 8.02. The highest BCUT2D eigenvalue weighted by atomic mass is 32.2. The van der Waals surface area contributed by atoms with Crippen LogP contribution in [0, 0.1) is 20.8 Å². The van der Waals surface area contributed by atoms with Crippen LogP contribution in [0.4, 0.5) is 0 Å². The minimum atomic E-state index is 0.195. The molecule has 0 saturated carbocycles. The molecule has 1 rings (SSSR count). The van der Waals surface area contributed by atoms with Gasteiger partial charge in [-0.05, 0) is 43.9 Å². The zero-order valence-corrected chi connectivity index (χ0v) is 11.9. The number of hydrogen-bond acceptors (Lipinski definition) is 2. The first-order valence-electron chi connectivity index (χ1n) is 5.88. The van der Waals surface area contributed by atoms with Crippen LogP contribution in [0.3, 0.4) is 0 Å². The minimum Gasteiger partial charge on any atom is -0.288 e. The average Bonchev–Trinajstić information content (AvgIpc) is 2.20. The Bertz CT molecular complexity index is 410. The monoisotopic (exact) mass is 248 g/mol. The van der Waals surface area contributed by atoms with Gasteiger partial charge in [-0.15, -0.1) is 0 Å². The third-order valence-electron chi connectivity index (χ3n) is 2.61. The maximum atomic E-state index is 10.8. The molecule has 1 aromatic rings. The molecule has 0 fully saturated rings. The molecular formula is C15H20OS. The molecule has 17 heavy (non-hydrogen) atoms. The first-order chi connectivity index (χ1) is 8.00. The lowest BCUT2D eigenvalue weighted by atomic mass is 9.99. The van der Waals surface area contributed by atoms with Gasteiger partial charge in [0, 0.05) is 12.7 Å². The minimum absolute atomic E-state index is 0.195. The van der Waals surface area contributed by atoms with E-state index in [4.69, 9.17) is 0 Å². The summed E-state index contributed by atoms with van der Waals surface area (Å²) in [5, 5.41) is 0.195. The molecule has 0 aliphatic carbocycles. The summed E-state index contributed by atoms with van der Waals surface area (Å²) in [6, 6.07) is 4.41. The predicted molar refractivity (Wildman–Crippen MR) is 77.4 cm³/mol. The quantitative estimate of drug-likeness (QED) is 0.739. The lowest BCUT2D eigenvalue weighted by Gasteiger charge is -2.06. The van der Waals surface area contributed by atoms with Gasteiger partial charge in [-0.25, -0.2) is 0 Å². The van der Waals surface area contributed by atoms with Gasteiger partial charge in [0.05, 0.1) is 0 Å². The lowest BCUT2D eigenvalue weighted by Crippen LogP contribution is -1.88. The summed E-state index contributed by atoms with van der Waals surface area (Å²) in [5.74, 6) is 0.871. The fourth-order valence-corrected chi connectivity index (χ4v) is 2.47. The summed E-state index contributed by atoms with van der Waals surface area (Å²) in [7, 11) is 0. The van der Waals surface area contributed by atoms with Crippen molar-refractivity contribution in [2.75, 3.05) is 5.75 Å². The van der Waals surface area contributed by atoms with Gasteiger partial charge in [-0.2, -0.15) is 0 Å². The largest absolute Gasteiger partial charge is 0.288 e. The van der Waals surface area contributed by atoms with Crippen molar-refractivity contribution in [3.63, 3.8) is 0 Å². The van der Waals surface area contributed by atoms with Crippen molar-refractivity contribution >= 4 is 23.0 Å². The number of aryl methyl sites for hydroxylation is 3. The molecule has 0 radical (unpaired) electrons. The summed E-state index contributed by atoms with van der Waals surface area (Å²) in [4.78, 5) is 10.8. The molecule has 1 nitrogen and oxygen atoms in total. The Hall–Kier alpha value is -1.02. The number of rotatable bonds is 4. The fourth-order valence-electron chi connectivity index (χ4n) is 1.93. The topological polar surface area (TPSA) is 17.1 Å². The first-order valence-corrected chi connectivity index (χ1v) is 6.87. The smallest absolute Gasteiger partial charge is 0.185 e. The molecule has 0 saturated heterocycles. The molecule has 0 atom stereocenters. The Kier molecular flexibility index (Phi) is 5.49. The van der Waals surface area contributed by atoms with Crippen LogP contribution in [0.1, 0.15) is 35.6 Å². The molecule has 0 bridgehead atoms. The molecule has 92 valence electrons. The van der Waals surface area contributed by atoms with E-state index in [-0.39, 0.29) is 5.12 Å². The third-order valence-corrected chi connectivity index (χ3v) is 3.46. The van der Waals surface area contributed by atoms with Crippen LogP contribution in [-0.2, 0) is 4.79 Å². The van der Waals surface area contributed by atoms with E-state index in [1.807, 2.05) is 0 Å². The van der Waals surface area contributed by atoms with Crippen LogP contribution < -0.4 is 0 Å². The van der Waals surface area contributed by atoms with E-state index in [1.54, 1.807) is 6.92 Å². The Morgan fingerprint density at radius 1 is 1.24 bits per heavy atom. The van der Waals surface area contributed by atoms with Crippen molar-refractivity contribution < 1.29 is 4.79 Å². The number of carbonyl (C=O) groups is 1. The molecule has 0 amide bonds. The molecule has 0 aliphatic rings. The molecule has 0 heterocycles. The fraction of sp³-hybridized carbons (Fsp3) is 0.400. The molecule has 2 heteroatoms. The summed E-state index contributed by atoms with van der Waals surface area (Å²) >= 11 is 1.39. The van der Waals surface area contributed by atoms with E-state index in [1.165, 1.54) is 34.0 Å². The Morgan fingerprint density at radius 2 is 1.82 bits per heavy atom. The van der Waals surface area contributed by atoms with Crippen LogP contribution in [0.2, 0.25) is 0 Å². The normalized spacial score (nSPS) is 11.1. The second kappa shape index (κ2) is 6.65. The first kappa shape index (κ1) is 14.0. The van der Waals surface area contributed by atoms with E-state index in [9.17, 15) is 4.79 Å². The highest BCUT2D eigenvalue weighted by Crippen LogP contribution is 2.18. The van der Waals surface area contributed by atoms with Crippen LogP contribution in [0.15, 0.2) is 18.2 Å². The third kappa shape index (κ3) is 4.78. The SMILES string of the molecule is CC(=O)SCCC=Cc1c(C)cc(C)cc1C. The number of carbonyl (C=O) groups excluding carboxylic acids is 1. The molecule has 1 aromatic carbocycles. The van der Waals surface area contributed by atoms with E-state index >= 15 is 0 Å². The van der Waals surface area contributed by atoms with E-state index in [2.05, 4.69) is 45.1 Å². The molecule has 0 aliphatic heterocycles. The molecule has 0 aromatic heterocycles. The van der Waals surface area contributed by atoms with Crippen molar-refractivity contribution in [3.05, 3.63) is 40.5 Å². The van der Waals surface area contributed by atoms with Crippen LogP contribution in [0.5, 0.6) is 0 Å². The van der Waals surface area contributed by atoms with Gasteiger partial charge in [0.2, 0.25) is 0 Å². The van der Waals surface area contributed by atoms with E-state index in [0.29, 0.717) is 0 Å². The lowest BCUT2D eigenvalue weighted by molar-refractivity contribution is -0.109. The van der Waals surface area contributed by atoms with Gasteiger partial charge < -0.3 is 0 Å². The Balaban J connectivity index is 2.62. The highest BCUT2D eigenvalue weighted by molar-refractivity contribution is 8.13. The van der Waals surface area contributed by atoms with Crippen molar-refractivity contribution in [3.8, 4) is 0 Å². The number of allylic oxidation sites excluding steroid dienone is 1. The summed E-state index contributed by atoms with van der Waals surface area (Å²) in [6.07, 6.45) is 5.27. The number of benzene rings is 1. The van der Waals surface area contributed by atoms with E-state index < -0.39 is 0 Å². The average molecular weight is 248 g/mol. The van der Waals surface area contributed by atoms with Crippen molar-refractivity contribution in [2.24, 2.45) is 0 Å². The summed E-state index contributed by atoms with van der Waals surface area (Å²) < 4.78 is 0. The van der Waals surface area contributed by atoms with Crippen LogP contribution in [0.25, 0.3) is 6.08 Å². The molecule has 0 N–H and O–H groups in total. The van der Waals surface area contributed by atoms with Gasteiger partial charge in [0.25, 0.3) is 0 Å². The van der Waals surface area contributed by atoms with Crippen molar-refractivity contribution in [2.45, 2.75) is 34.1 Å². The van der Waals surface area contributed by atoms with E-state index in [0.717, 1.165) is 12.2 Å². The molecular weight excluding hydrogens is 228 g/mol. The highest BCUT2D eigenvalue weighted by Gasteiger charge is 1.99. The summed E-state index contributed by atoms with van der Waals surface area (Å²) in [5.41, 5.74) is 5.25. The maximum absolute atomic E-state index is 10.8. The van der Waals surface area contributed by atoms with Gasteiger partial charge in [0.15, 0.2) is 5.12 Å². The molecule has 0 unspecified atom stereocenters. The Morgan fingerprint density at radius 3 is 2.35 bits per heavy atom. The predicted octanol–water partition coefficient (Wildman–Crippen LogP) is 4.29. The van der Waals surface area contributed by atoms with Gasteiger partial charge in [-0.3, -0.25) is 4.79 Å². The second-order valence-electron chi connectivity index (χ2n) is 4.34. The zero-order valence-electron chi connectivity index (χ0n) is 11.0. The van der Waals surface area contributed by atoms with Crippen LogP contribution in [-0.4, -0.2) is 10.9 Å². The zero-order chi connectivity index (χ0) is 12.8. The molecule has 0 spiro atoms. The van der Waals surface area contributed by atoms with Gasteiger partial charge in [-0.1, -0.05) is 41.6 Å². The Labute approximate surface area is 108 Å². The second-order valence-corrected chi connectivity index (χ2v) is 5.62. The maximum Gasteiger partial charge on any atom is 0.185 e. The van der Waals surface area contributed by atoms with Gasteiger partial charge >= 0.3 is 0 Å². The van der Waals surface area contributed by atoms with Crippen molar-refractivity contribution in [1.82, 2.24) is 0 Å². The van der Waals surface area contributed by atoms with Crippen LogP contribution >= 0.6 is 11.8 Å². The number of thioether (sulfide) groups is 1.